The molecule has 0 bridgehead atoms. The van der Waals surface area contributed by atoms with E-state index in [-0.39, 0.29) is 78.2 Å². The lowest BCUT2D eigenvalue weighted by Crippen LogP contribution is -2.59. The topological polar surface area (TPSA) is 143 Å². The van der Waals surface area contributed by atoms with Gasteiger partial charge in [0.05, 0.1) is 17.7 Å². The van der Waals surface area contributed by atoms with Crippen LogP contribution in [0.1, 0.15) is 60.1 Å². The van der Waals surface area contributed by atoms with Gasteiger partial charge in [0.1, 0.15) is 35.2 Å². The first kappa shape index (κ1) is 34.5. The fraction of sp³-hybridized carbons (Fsp3) is 0.441. The fourth-order valence-corrected chi connectivity index (χ4v) is 5.79. The number of aliphatic hydroxyl groups excluding tert-OH is 1. The van der Waals surface area contributed by atoms with E-state index in [2.05, 4.69) is 15.0 Å². The van der Waals surface area contributed by atoms with Gasteiger partial charge in [-0.2, -0.15) is 4.98 Å². The lowest BCUT2D eigenvalue weighted by Gasteiger charge is -2.44. The Kier molecular flexibility index (Phi) is 9.58. The van der Waals surface area contributed by atoms with Crippen molar-refractivity contribution < 1.29 is 33.3 Å². The number of pyridine rings is 2. The van der Waals surface area contributed by atoms with Crippen molar-refractivity contribution in [2.24, 2.45) is 0 Å². The van der Waals surface area contributed by atoms with Crippen molar-refractivity contribution in [2.45, 2.75) is 72.1 Å². The van der Waals surface area contributed by atoms with Gasteiger partial charge in [0.15, 0.2) is 23.0 Å². The summed E-state index contributed by atoms with van der Waals surface area (Å²) in [7, 11) is 0. The van der Waals surface area contributed by atoms with Crippen LogP contribution >= 0.6 is 0 Å². The van der Waals surface area contributed by atoms with Gasteiger partial charge in [-0.25, -0.2) is 27.9 Å². The van der Waals surface area contributed by atoms with Gasteiger partial charge in [0.25, 0.3) is 0 Å². The molecule has 48 heavy (non-hydrogen) atoms. The molecule has 256 valence electrons. The number of carbonyl (C=O) groups is 1. The Morgan fingerprint density at radius 3 is 2.48 bits per heavy atom. The van der Waals surface area contributed by atoms with Crippen molar-refractivity contribution in [3.05, 3.63) is 64.3 Å². The molecule has 2 N–H and O–H groups in total. The highest BCUT2D eigenvalue weighted by Gasteiger charge is 2.37. The summed E-state index contributed by atoms with van der Waals surface area (Å²) in [4.78, 5) is 44.2. The molecule has 2 atom stereocenters. The number of aromatic nitrogens is 4. The average molecular weight is 667 g/mol. The second-order valence-corrected chi connectivity index (χ2v) is 13.1. The molecule has 5 rings (SSSR count). The van der Waals surface area contributed by atoms with Crippen molar-refractivity contribution in [1.82, 2.24) is 24.4 Å². The Bertz CT molecular complexity index is 1910. The molecule has 1 saturated heterocycles. The predicted octanol–water partition coefficient (Wildman–Crippen LogP) is 5.16. The highest BCUT2D eigenvalue weighted by Crippen LogP contribution is 2.38. The second-order valence-electron chi connectivity index (χ2n) is 13.1. The largest absolute Gasteiger partial charge is 0.504 e. The van der Waals surface area contributed by atoms with E-state index in [4.69, 9.17) is 9.47 Å². The molecule has 0 radical (unpaired) electrons. The van der Waals surface area contributed by atoms with Crippen molar-refractivity contribution >= 4 is 22.9 Å². The summed E-state index contributed by atoms with van der Waals surface area (Å²) < 4.78 is 43.1. The Labute approximate surface area is 276 Å². The van der Waals surface area contributed by atoms with Crippen LogP contribution in [0.2, 0.25) is 0 Å². The number of aromatic hydroxyl groups is 1. The van der Waals surface area contributed by atoms with Crippen LogP contribution in [-0.2, 0) is 4.74 Å². The molecule has 12 nitrogen and oxygen atoms in total. The lowest BCUT2D eigenvalue weighted by molar-refractivity contribution is 0.0130. The molecule has 1 aliphatic rings. The number of hydrogen-bond acceptors (Lipinski definition) is 10. The number of ether oxygens (including phenoxy) is 2. The molecular formula is C34H40F2N6O6. The molecule has 3 aromatic heterocycles. The monoisotopic (exact) mass is 666 g/mol. The van der Waals surface area contributed by atoms with Gasteiger partial charge < -0.3 is 29.5 Å². The minimum absolute atomic E-state index is 0.0526. The summed E-state index contributed by atoms with van der Waals surface area (Å²) in [5.74, 6) is -2.56. The van der Waals surface area contributed by atoms with Crippen molar-refractivity contribution in [2.75, 3.05) is 31.2 Å². The number of rotatable bonds is 7. The number of carbonyl (C=O) groups excluding carboxylic acids is 1. The Morgan fingerprint density at radius 1 is 1.08 bits per heavy atom. The Morgan fingerprint density at radius 2 is 1.81 bits per heavy atom. The van der Waals surface area contributed by atoms with E-state index in [0.717, 1.165) is 16.7 Å². The molecule has 4 heterocycles. The van der Waals surface area contributed by atoms with Crippen LogP contribution in [-0.4, -0.2) is 84.7 Å². The molecule has 1 aromatic carbocycles. The molecule has 1 fully saturated rings. The van der Waals surface area contributed by atoms with Gasteiger partial charge in [-0.15, -0.1) is 0 Å². The normalized spacial score (nSPS) is 16.9. The zero-order valence-electron chi connectivity index (χ0n) is 28.0. The number of nitrogens with zero attached hydrogens (tertiary/aromatic N) is 6. The fourth-order valence-electron chi connectivity index (χ4n) is 5.79. The van der Waals surface area contributed by atoms with Gasteiger partial charge in [0, 0.05) is 43.0 Å². The maximum Gasteiger partial charge on any atom is 0.410 e. The first-order chi connectivity index (χ1) is 22.6. The van der Waals surface area contributed by atoms with Gasteiger partial charge in [-0.1, -0.05) is 19.9 Å². The highest BCUT2D eigenvalue weighted by atomic mass is 19.1. The molecule has 0 spiro atoms. The highest BCUT2D eigenvalue weighted by molar-refractivity contribution is 5.91. The second kappa shape index (κ2) is 13.3. The number of halogens is 2. The lowest BCUT2D eigenvalue weighted by atomic mass is 10.1. The summed E-state index contributed by atoms with van der Waals surface area (Å²) in [6.45, 7) is 12.8. The minimum atomic E-state index is -0.971. The van der Waals surface area contributed by atoms with E-state index in [1.165, 1.54) is 24.4 Å². The molecule has 4 aromatic rings. The zero-order chi connectivity index (χ0) is 35.1. The number of benzene rings is 1. The maximum absolute atomic E-state index is 16.1. The quantitative estimate of drug-likeness (QED) is 0.272. The van der Waals surface area contributed by atoms with Crippen LogP contribution in [0.25, 0.3) is 28.0 Å². The van der Waals surface area contributed by atoms with Crippen molar-refractivity contribution in [3.8, 4) is 28.4 Å². The summed E-state index contributed by atoms with van der Waals surface area (Å²) in [5, 5.41) is 20.2. The van der Waals surface area contributed by atoms with Gasteiger partial charge in [-0.05, 0) is 58.7 Å². The van der Waals surface area contributed by atoms with Gasteiger partial charge >= 0.3 is 11.8 Å². The van der Waals surface area contributed by atoms with Crippen molar-refractivity contribution in [1.29, 1.82) is 0 Å². The molecule has 14 heteroatoms. The third-order valence-electron chi connectivity index (χ3n) is 7.96. The number of fused-ring (bicyclic) bond motifs is 1. The maximum atomic E-state index is 16.1. The van der Waals surface area contributed by atoms with E-state index in [1.54, 1.807) is 25.7 Å². The third-order valence-corrected chi connectivity index (χ3v) is 7.96. The molecule has 1 aliphatic heterocycles. The predicted molar refractivity (Wildman–Crippen MR) is 176 cm³/mol. The van der Waals surface area contributed by atoms with E-state index in [1.807, 2.05) is 32.6 Å². The SMILES string of the molecule is CC(C)c1nccc(OCCO)c1-n1c(=O)nc(N2C[C@@H](C)N(C(=O)OC(C)(C)C)C[C@@H]2C)c2cc(F)c(-c3cccc(F)c3O)nc21. The minimum Gasteiger partial charge on any atom is -0.504 e. The number of piperazine rings is 1. The number of anilines is 1. The molecule has 0 saturated carbocycles. The smallest absolute Gasteiger partial charge is 0.410 e. The van der Waals surface area contributed by atoms with Crippen LogP contribution in [0.3, 0.4) is 0 Å². The summed E-state index contributed by atoms with van der Waals surface area (Å²) in [6.07, 6.45) is 1.03. The number of amides is 1. The number of phenolic OH excluding ortho intramolecular Hbond substituents is 1. The molecule has 0 unspecified atom stereocenters. The Hall–Kier alpha value is -4.85. The average Bonchev–Trinajstić information content (AvgIpc) is 3.01. The number of phenols is 1. The summed E-state index contributed by atoms with van der Waals surface area (Å²) in [6, 6.07) is 5.59. The van der Waals surface area contributed by atoms with Gasteiger partial charge in [0.2, 0.25) is 0 Å². The van der Waals surface area contributed by atoms with E-state index < -0.39 is 40.5 Å². The summed E-state index contributed by atoms with van der Waals surface area (Å²) in [5.41, 5.74) is -1.51. The first-order valence-electron chi connectivity index (χ1n) is 15.7. The van der Waals surface area contributed by atoms with Crippen LogP contribution in [0.15, 0.2) is 41.3 Å². The van der Waals surface area contributed by atoms with Crippen LogP contribution in [0.4, 0.5) is 19.4 Å². The van der Waals surface area contributed by atoms with Crippen LogP contribution in [0.5, 0.6) is 11.5 Å². The standard InChI is InChI=1S/C34H40F2N6O6/c1-18(2)26-28(25(11-12-37-26)47-14-13-43)42-31-22(15-24(36)27(38-31)21-9-8-10-23(35)29(21)44)30(39-32(42)45)40-16-20(4)41(17-19(40)3)33(46)48-34(5,6)7/h8-12,15,18-20,43-44H,13-14,16-17H2,1-7H3/t19-,20+/m0/s1. The van der Waals surface area contributed by atoms with E-state index >= 15 is 4.39 Å². The first-order valence-corrected chi connectivity index (χ1v) is 15.7. The summed E-state index contributed by atoms with van der Waals surface area (Å²) >= 11 is 0. The third kappa shape index (κ3) is 6.61. The van der Waals surface area contributed by atoms with E-state index in [0.29, 0.717) is 5.69 Å². The molecular weight excluding hydrogens is 626 g/mol. The van der Waals surface area contributed by atoms with Crippen molar-refractivity contribution in [3.63, 3.8) is 0 Å². The van der Waals surface area contributed by atoms with Crippen LogP contribution < -0.4 is 15.3 Å². The zero-order valence-corrected chi connectivity index (χ0v) is 28.0. The molecule has 0 aliphatic carbocycles. The van der Waals surface area contributed by atoms with Gasteiger partial charge in [-0.3, -0.25) is 4.98 Å². The van der Waals surface area contributed by atoms with Crippen LogP contribution in [0, 0.1) is 11.6 Å². The number of hydrogen-bond donors (Lipinski definition) is 2. The van der Waals surface area contributed by atoms with E-state index in [9.17, 15) is 24.2 Å². The number of aliphatic hydroxyl groups is 1. The molecule has 1 amide bonds. The number of para-hydroxylation sites is 1. The Balaban J connectivity index is 1.78.